The largest absolute Gasteiger partial charge is 0.388 e. The Balaban J connectivity index is 1.72. The number of aryl methyl sites for hydroxylation is 1. The molecule has 2 N–H and O–H groups in total. The molecule has 6 heteroatoms. The first kappa shape index (κ1) is 13.1. The average molecular weight is 274 g/mol. The first-order chi connectivity index (χ1) is 9.57. The Morgan fingerprint density at radius 1 is 1.45 bits per heavy atom. The predicted molar refractivity (Wildman–Crippen MR) is 74.3 cm³/mol. The van der Waals surface area contributed by atoms with Gasteiger partial charge in [0.1, 0.15) is 5.52 Å². The highest BCUT2D eigenvalue weighted by Crippen LogP contribution is 2.28. The first-order valence-corrected chi connectivity index (χ1v) is 6.87. The van der Waals surface area contributed by atoms with Gasteiger partial charge < -0.3 is 10.4 Å². The van der Waals surface area contributed by atoms with Gasteiger partial charge in [0.2, 0.25) is 0 Å². The van der Waals surface area contributed by atoms with Crippen molar-refractivity contribution >= 4 is 16.9 Å². The van der Waals surface area contributed by atoms with Crippen molar-refractivity contribution < 1.29 is 9.90 Å². The van der Waals surface area contributed by atoms with Crippen LogP contribution in [0.3, 0.4) is 0 Å². The van der Waals surface area contributed by atoms with Gasteiger partial charge in [-0.3, -0.25) is 4.79 Å². The highest BCUT2D eigenvalue weighted by Gasteiger charge is 2.31. The second-order valence-corrected chi connectivity index (χ2v) is 5.53. The van der Waals surface area contributed by atoms with Crippen molar-refractivity contribution in [1.82, 2.24) is 20.3 Å². The maximum absolute atomic E-state index is 12.1. The Hall–Kier alpha value is -1.95. The Kier molecular flexibility index (Phi) is 3.17. The fraction of sp³-hybridized carbons (Fsp3) is 0.500. The molecule has 0 unspecified atom stereocenters. The van der Waals surface area contributed by atoms with Crippen molar-refractivity contribution in [3.8, 4) is 0 Å². The van der Waals surface area contributed by atoms with Crippen LogP contribution in [0.5, 0.6) is 0 Å². The molecular weight excluding hydrogens is 256 g/mol. The van der Waals surface area contributed by atoms with E-state index in [-0.39, 0.29) is 5.91 Å². The smallest absolute Gasteiger partial charge is 0.251 e. The number of carbonyl (C=O) groups excluding carboxylic acids is 1. The van der Waals surface area contributed by atoms with E-state index in [4.69, 9.17) is 0 Å². The number of aromatic nitrogens is 3. The van der Waals surface area contributed by atoms with Crippen molar-refractivity contribution in [3.05, 3.63) is 23.8 Å². The molecule has 0 saturated heterocycles. The van der Waals surface area contributed by atoms with Crippen LogP contribution in [-0.4, -0.2) is 38.2 Å². The van der Waals surface area contributed by atoms with Crippen LogP contribution in [0.15, 0.2) is 18.2 Å². The summed E-state index contributed by atoms with van der Waals surface area (Å²) in [5.74, 6) is -0.183. The average Bonchev–Trinajstić information content (AvgIpc) is 3.04. The molecule has 0 spiro atoms. The third-order valence-electron chi connectivity index (χ3n) is 3.99. The zero-order valence-electron chi connectivity index (χ0n) is 11.5. The number of amides is 1. The van der Waals surface area contributed by atoms with Gasteiger partial charge in [0.05, 0.1) is 11.1 Å². The van der Waals surface area contributed by atoms with Crippen molar-refractivity contribution in [3.63, 3.8) is 0 Å². The number of nitrogens with one attached hydrogen (secondary N) is 1. The molecule has 3 rings (SSSR count). The fourth-order valence-corrected chi connectivity index (χ4v) is 2.74. The second-order valence-electron chi connectivity index (χ2n) is 5.53. The zero-order chi connectivity index (χ0) is 14.2. The molecule has 0 bridgehead atoms. The Bertz CT molecular complexity index is 644. The summed E-state index contributed by atoms with van der Waals surface area (Å²) >= 11 is 0. The lowest BCUT2D eigenvalue weighted by molar-refractivity contribution is 0.0449. The van der Waals surface area contributed by atoms with Crippen LogP contribution in [0.4, 0.5) is 0 Å². The Morgan fingerprint density at radius 3 is 2.95 bits per heavy atom. The zero-order valence-corrected chi connectivity index (χ0v) is 11.5. The molecule has 1 heterocycles. The van der Waals surface area contributed by atoms with E-state index in [1.807, 2.05) is 13.1 Å². The third-order valence-corrected chi connectivity index (χ3v) is 3.99. The molecule has 1 aliphatic rings. The lowest BCUT2D eigenvalue weighted by Crippen LogP contribution is -2.40. The Morgan fingerprint density at radius 2 is 2.20 bits per heavy atom. The van der Waals surface area contributed by atoms with Gasteiger partial charge in [0, 0.05) is 19.2 Å². The van der Waals surface area contributed by atoms with Gasteiger partial charge >= 0.3 is 0 Å². The van der Waals surface area contributed by atoms with Crippen molar-refractivity contribution in [2.45, 2.75) is 31.3 Å². The Labute approximate surface area is 116 Å². The van der Waals surface area contributed by atoms with Crippen molar-refractivity contribution in [2.75, 3.05) is 6.54 Å². The number of carbonyl (C=O) groups is 1. The minimum atomic E-state index is -0.730. The van der Waals surface area contributed by atoms with E-state index in [0.717, 1.165) is 31.2 Å². The van der Waals surface area contributed by atoms with Crippen LogP contribution in [0.25, 0.3) is 11.0 Å². The number of rotatable bonds is 3. The quantitative estimate of drug-likeness (QED) is 0.875. The summed E-state index contributed by atoms with van der Waals surface area (Å²) in [7, 11) is 1.81. The monoisotopic (exact) mass is 274 g/mol. The van der Waals surface area contributed by atoms with Crippen LogP contribution in [0.1, 0.15) is 36.0 Å². The number of fused-ring (bicyclic) bond motifs is 1. The van der Waals surface area contributed by atoms with Gasteiger partial charge in [-0.15, -0.1) is 5.10 Å². The van der Waals surface area contributed by atoms with Crippen molar-refractivity contribution in [1.29, 1.82) is 0 Å². The van der Waals surface area contributed by atoms with Crippen molar-refractivity contribution in [2.24, 2.45) is 7.05 Å². The third kappa shape index (κ3) is 2.38. The highest BCUT2D eigenvalue weighted by atomic mass is 16.3. The standard InChI is InChI=1S/C14H18N4O2/c1-18-12-5-4-10(8-11(12)16-17-18)13(19)15-9-14(20)6-2-3-7-14/h4-5,8,20H,2-3,6-7,9H2,1H3,(H,15,19). The summed E-state index contributed by atoms with van der Waals surface area (Å²) in [4.78, 5) is 12.1. The molecule has 1 aromatic heterocycles. The molecule has 1 aromatic carbocycles. The van der Waals surface area contributed by atoms with E-state index in [2.05, 4.69) is 15.6 Å². The van der Waals surface area contributed by atoms with Gasteiger partial charge in [0.25, 0.3) is 5.91 Å². The molecule has 1 fully saturated rings. The second kappa shape index (κ2) is 4.86. The minimum Gasteiger partial charge on any atom is -0.388 e. The van der Waals surface area contributed by atoms with E-state index in [0.29, 0.717) is 17.6 Å². The highest BCUT2D eigenvalue weighted by molar-refractivity contribution is 5.97. The van der Waals surface area contributed by atoms with E-state index in [9.17, 15) is 9.90 Å². The first-order valence-electron chi connectivity index (χ1n) is 6.87. The van der Waals surface area contributed by atoms with E-state index >= 15 is 0 Å². The maximum atomic E-state index is 12.1. The summed E-state index contributed by atoms with van der Waals surface area (Å²) in [6, 6.07) is 5.30. The summed E-state index contributed by atoms with van der Waals surface area (Å²) in [5.41, 5.74) is 1.39. The number of hydrogen-bond donors (Lipinski definition) is 2. The van der Waals surface area contributed by atoms with Gasteiger partial charge in [-0.1, -0.05) is 18.1 Å². The molecule has 6 nitrogen and oxygen atoms in total. The SMILES string of the molecule is Cn1nnc2cc(C(=O)NCC3(O)CCCC3)ccc21. The summed E-state index contributed by atoms with van der Waals surface area (Å²) in [6.07, 6.45) is 3.57. The lowest BCUT2D eigenvalue weighted by atomic mass is 10.0. The molecule has 0 atom stereocenters. The van der Waals surface area contributed by atoms with Crippen LogP contribution in [0.2, 0.25) is 0 Å². The topological polar surface area (TPSA) is 80.0 Å². The van der Waals surface area contributed by atoms with E-state index in [1.54, 1.807) is 16.8 Å². The molecular formula is C14H18N4O2. The molecule has 1 aliphatic carbocycles. The normalized spacial score (nSPS) is 17.5. The number of aliphatic hydroxyl groups is 1. The summed E-state index contributed by atoms with van der Waals surface area (Å²) in [5, 5.41) is 20.9. The number of nitrogens with zero attached hydrogens (tertiary/aromatic N) is 3. The molecule has 0 aliphatic heterocycles. The maximum Gasteiger partial charge on any atom is 0.251 e. The summed E-state index contributed by atoms with van der Waals surface area (Å²) < 4.78 is 1.66. The molecule has 1 saturated carbocycles. The fourth-order valence-electron chi connectivity index (χ4n) is 2.74. The van der Waals surface area contributed by atoms with Crippen LogP contribution in [0, 0.1) is 0 Å². The molecule has 2 aromatic rings. The van der Waals surface area contributed by atoms with Gasteiger partial charge in [-0.25, -0.2) is 4.68 Å². The minimum absolute atomic E-state index is 0.183. The molecule has 1 amide bonds. The molecule has 20 heavy (non-hydrogen) atoms. The van der Waals surface area contributed by atoms with Crippen LogP contribution in [-0.2, 0) is 7.05 Å². The lowest BCUT2D eigenvalue weighted by Gasteiger charge is -2.22. The predicted octanol–water partition coefficient (Wildman–Crippen LogP) is 1.00. The molecule has 106 valence electrons. The van der Waals surface area contributed by atoms with Crippen LogP contribution >= 0.6 is 0 Å². The number of hydrogen-bond acceptors (Lipinski definition) is 4. The molecule has 0 radical (unpaired) electrons. The van der Waals surface area contributed by atoms with Crippen LogP contribution < -0.4 is 5.32 Å². The van der Waals surface area contributed by atoms with Gasteiger partial charge in [0.15, 0.2) is 0 Å². The van der Waals surface area contributed by atoms with E-state index in [1.165, 1.54) is 0 Å². The van der Waals surface area contributed by atoms with E-state index < -0.39 is 5.60 Å². The van der Waals surface area contributed by atoms with Gasteiger partial charge in [-0.2, -0.15) is 0 Å². The van der Waals surface area contributed by atoms with Gasteiger partial charge in [-0.05, 0) is 31.0 Å². The summed E-state index contributed by atoms with van der Waals surface area (Å²) in [6.45, 7) is 0.310. The number of benzene rings is 1.